The van der Waals surface area contributed by atoms with Crippen LogP contribution in [0, 0.1) is 13.8 Å². The van der Waals surface area contributed by atoms with E-state index >= 15 is 0 Å². The minimum absolute atomic E-state index is 0.271. The normalized spacial score (nSPS) is 10.8. The first-order valence-electron chi connectivity index (χ1n) is 8.65. The highest BCUT2D eigenvalue weighted by Crippen LogP contribution is 2.30. The Morgan fingerprint density at radius 1 is 1.22 bits per heavy atom. The average Bonchev–Trinajstić information content (AvgIpc) is 3.14. The molecule has 0 saturated heterocycles. The van der Waals surface area contributed by atoms with E-state index in [0.717, 1.165) is 16.0 Å². The summed E-state index contributed by atoms with van der Waals surface area (Å²) in [5, 5.41) is 3.31. The summed E-state index contributed by atoms with van der Waals surface area (Å²) in [4.78, 5) is 32.1. The molecule has 1 amide bonds. The predicted octanol–water partition coefficient (Wildman–Crippen LogP) is 4.07. The summed E-state index contributed by atoms with van der Waals surface area (Å²) in [6.07, 6.45) is 0. The average molecular weight is 387 g/mol. The van der Waals surface area contributed by atoms with Gasteiger partial charge in [0.15, 0.2) is 5.13 Å². The highest BCUT2D eigenvalue weighted by molar-refractivity contribution is 7.22. The van der Waals surface area contributed by atoms with Gasteiger partial charge in [0.2, 0.25) is 0 Å². The zero-order valence-electron chi connectivity index (χ0n) is 15.6. The quantitative estimate of drug-likeness (QED) is 0.622. The van der Waals surface area contributed by atoms with Gasteiger partial charge in [-0.1, -0.05) is 11.3 Å². The van der Waals surface area contributed by atoms with Gasteiger partial charge in [-0.25, -0.2) is 9.78 Å². The summed E-state index contributed by atoms with van der Waals surface area (Å²) in [5.74, 6) is -0.0237. The largest absolute Gasteiger partial charge is 0.494 e. The lowest BCUT2D eigenvalue weighted by Crippen LogP contribution is -2.14. The number of hydrogen-bond donors (Lipinski definition) is 2. The topological polar surface area (TPSA) is 93.3 Å². The molecule has 3 rings (SSSR count). The zero-order chi connectivity index (χ0) is 19.6. The Labute approximate surface area is 160 Å². The van der Waals surface area contributed by atoms with E-state index in [1.165, 1.54) is 11.3 Å². The summed E-state index contributed by atoms with van der Waals surface area (Å²) in [5.41, 5.74) is 2.67. The standard InChI is InChI=1S/C19H21N3O4S/c1-5-25-12-7-8-13-14(9-12)27-19(21-13)22-17(23)15-10(3)16(20-11(15)4)18(24)26-6-2/h7-9,20H,5-6H2,1-4H3,(H,21,22,23). The predicted molar refractivity (Wildman–Crippen MR) is 105 cm³/mol. The van der Waals surface area contributed by atoms with Crippen molar-refractivity contribution in [2.24, 2.45) is 0 Å². The molecule has 0 unspecified atom stereocenters. The fourth-order valence-electron chi connectivity index (χ4n) is 2.87. The Balaban J connectivity index is 1.85. The molecule has 2 aromatic heterocycles. The first-order valence-corrected chi connectivity index (χ1v) is 9.47. The number of amides is 1. The van der Waals surface area contributed by atoms with Crippen LogP contribution in [0.3, 0.4) is 0 Å². The van der Waals surface area contributed by atoms with Gasteiger partial charge >= 0.3 is 5.97 Å². The molecular formula is C19H21N3O4S. The molecule has 2 N–H and O–H groups in total. The number of aromatic amines is 1. The molecule has 27 heavy (non-hydrogen) atoms. The molecule has 0 atom stereocenters. The van der Waals surface area contributed by atoms with Crippen LogP contribution in [0.25, 0.3) is 10.2 Å². The fourth-order valence-corrected chi connectivity index (χ4v) is 3.76. The van der Waals surface area contributed by atoms with E-state index in [2.05, 4.69) is 15.3 Å². The second-order valence-electron chi connectivity index (χ2n) is 5.88. The van der Waals surface area contributed by atoms with Crippen LogP contribution < -0.4 is 10.1 Å². The van der Waals surface area contributed by atoms with Gasteiger partial charge in [-0.15, -0.1) is 0 Å². The number of nitrogens with zero attached hydrogens (tertiary/aromatic N) is 1. The van der Waals surface area contributed by atoms with Crippen molar-refractivity contribution in [3.63, 3.8) is 0 Å². The van der Waals surface area contributed by atoms with Crippen molar-refractivity contribution < 1.29 is 19.1 Å². The monoisotopic (exact) mass is 387 g/mol. The lowest BCUT2D eigenvalue weighted by atomic mass is 10.1. The van der Waals surface area contributed by atoms with Crippen molar-refractivity contribution >= 4 is 38.6 Å². The third-order valence-corrected chi connectivity index (χ3v) is 4.97. The Morgan fingerprint density at radius 2 is 2.00 bits per heavy atom. The van der Waals surface area contributed by atoms with Crippen LogP contribution in [-0.4, -0.2) is 35.1 Å². The van der Waals surface area contributed by atoms with E-state index in [4.69, 9.17) is 9.47 Å². The maximum atomic E-state index is 12.8. The number of carbonyl (C=O) groups is 2. The molecule has 3 aromatic rings. The summed E-state index contributed by atoms with van der Waals surface area (Å²) in [7, 11) is 0. The number of thiazole rings is 1. The molecule has 0 aliphatic rings. The highest BCUT2D eigenvalue weighted by Gasteiger charge is 2.23. The van der Waals surface area contributed by atoms with Crippen LogP contribution in [0.1, 0.15) is 46.0 Å². The Bertz CT molecular complexity index is 1010. The molecule has 7 nitrogen and oxygen atoms in total. The number of nitrogens with one attached hydrogen (secondary N) is 2. The first-order chi connectivity index (χ1) is 12.9. The van der Waals surface area contributed by atoms with Crippen LogP contribution in [0.2, 0.25) is 0 Å². The summed E-state index contributed by atoms with van der Waals surface area (Å²) < 4.78 is 11.4. The second kappa shape index (κ2) is 7.79. The van der Waals surface area contributed by atoms with E-state index in [-0.39, 0.29) is 12.5 Å². The van der Waals surface area contributed by atoms with Gasteiger partial charge < -0.3 is 14.5 Å². The van der Waals surface area contributed by atoms with Crippen LogP contribution in [0.15, 0.2) is 18.2 Å². The van der Waals surface area contributed by atoms with Crippen LogP contribution in [0.5, 0.6) is 5.75 Å². The second-order valence-corrected chi connectivity index (χ2v) is 6.91. The van der Waals surface area contributed by atoms with Crippen molar-refractivity contribution in [2.45, 2.75) is 27.7 Å². The molecule has 142 valence electrons. The lowest BCUT2D eigenvalue weighted by Gasteiger charge is -2.03. The zero-order valence-corrected chi connectivity index (χ0v) is 16.5. The number of rotatable bonds is 6. The van der Waals surface area contributed by atoms with E-state index in [1.807, 2.05) is 25.1 Å². The molecule has 8 heteroatoms. The minimum atomic E-state index is -0.472. The molecule has 1 aromatic carbocycles. The Hall–Kier alpha value is -2.87. The molecule has 0 spiro atoms. The van der Waals surface area contributed by atoms with Gasteiger partial charge in [-0.2, -0.15) is 0 Å². The number of esters is 1. The molecule has 2 heterocycles. The number of aromatic nitrogens is 2. The van der Waals surface area contributed by atoms with Crippen LogP contribution >= 0.6 is 11.3 Å². The molecule has 0 aliphatic heterocycles. The molecule has 0 saturated carbocycles. The van der Waals surface area contributed by atoms with E-state index < -0.39 is 5.97 Å². The first kappa shape index (κ1) is 18.9. The van der Waals surface area contributed by atoms with Gasteiger partial charge in [0, 0.05) is 5.69 Å². The van der Waals surface area contributed by atoms with Gasteiger partial charge in [-0.3, -0.25) is 10.1 Å². The molecule has 0 radical (unpaired) electrons. The van der Waals surface area contributed by atoms with E-state index in [1.54, 1.807) is 20.8 Å². The number of anilines is 1. The molecule has 0 fully saturated rings. The summed E-state index contributed by atoms with van der Waals surface area (Å²) in [6, 6.07) is 5.61. The van der Waals surface area contributed by atoms with Crippen molar-refractivity contribution in [2.75, 3.05) is 18.5 Å². The number of ether oxygens (including phenoxy) is 2. The maximum Gasteiger partial charge on any atom is 0.355 e. The van der Waals surface area contributed by atoms with Gasteiger partial charge in [0.05, 0.1) is 29.0 Å². The maximum absolute atomic E-state index is 12.8. The molecular weight excluding hydrogens is 366 g/mol. The molecule has 0 aliphatic carbocycles. The van der Waals surface area contributed by atoms with Gasteiger partial charge in [0.25, 0.3) is 5.91 Å². The fraction of sp³-hybridized carbons (Fsp3) is 0.316. The smallest absolute Gasteiger partial charge is 0.355 e. The Kier molecular flexibility index (Phi) is 5.46. The van der Waals surface area contributed by atoms with Crippen LogP contribution in [0.4, 0.5) is 5.13 Å². The van der Waals surface area contributed by atoms with Crippen LogP contribution in [-0.2, 0) is 4.74 Å². The van der Waals surface area contributed by atoms with Gasteiger partial charge in [-0.05, 0) is 51.5 Å². The summed E-state index contributed by atoms with van der Waals surface area (Å²) in [6.45, 7) is 7.99. The minimum Gasteiger partial charge on any atom is -0.494 e. The van der Waals surface area contributed by atoms with E-state index in [9.17, 15) is 9.59 Å². The number of fused-ring (bicyclic) bond motifs is 1. The number of aryl methyl sites for hydroxylation is 1. The third kappa shape index (κ3) is 3.80. The van der Waals surface area contributed by atoms with Crippen molar-refractivity contribution in [3.05, 3.63) is 40.7 Å². The van der Waals surface area contributed by atoms with Gasteiger partial charge in [0.1, 0.15) is 11.4 Å². The summed E-state index contributed by atoms with van der Waals surface area (Å²) >= 11 is 1.37. The highest BCUT2D eigenvalue weighted by atomic mass is 32.1. The lowest BCUT2D eigenvalue weighted by molar-refractivity contribution is 0.0519. The molecule has 0 bridgehead atoms. The third-order valence-electron chi connectivity index (χ3n) is 4.04. The van der Waals surface area contributed by atoms with Crippen molar-refractivity contribution in [1.29, 1.82) is 0 Å². The SMILES string of the molecule is CCOC(=O)c1[nH]c(C)c(C(=O)Nc2nc3ccc(OCC)cc3s2)c1C. The number of H-pyrrole nitrogens is 1. The number of hydrogen-bond acceptors (Lipinski definition) is 6. The van der Waals surface area contributed by atoms with Crippen molar-refractivity contribution in [1.82, 2.24) is 9.97 Å². The number of carbonyl (C=O) groups excluding carboxylic acids is 2. The number of benzene rings is 1. The Morgan fingerprint density at radius 3 is 2.70 bits per heavy atom. The van der Waals surface area contributed by atoms with E-state index in [0.29, 0.717) is 34.3 Å². The van der Waals surface area contributed by atoms with Crippen molar-refractivity contribution in [3.8, 4) is 5.75 Å².